The Labute approximate surface area is 127 Å². The van der Waals surface area contributed by atoms with E-state index in [1.165, 1.54) is 17.7 Å². The molecule has 0 aromatic carbocycles. The van der Waals surface area contributed by atoms with E-state index in [-0.39, 0.29) is 18.4 Å². The summed E-state index contributed by atoms with van der Waals surface area (Å²) >= 11 is 1.55. The van der Waals surface area contributed by atoms with E-state index in [1.807, 2.05) is 18.4 Å². The fourth-order valence-electron chi connectivity index (χ4n) is 2.33. The van der Waals surface area contributed by atoms with E-state index < -0.39 is 0 Å². The lowest BCUT2D eigenvalue weighted by molar-refractivity contribution is -0.115. The summed E-state index contributed by atoms with van der Waals surface area (Å²) in [6.45, 7) is 6.14. The fraction of sp³-hybridized carbons (Fsp3) is 0.571. The Morgan fingerprint density at radius 1 is 1.52 bits per heavy atom. The van der Waals surface area contributed by atoms with Gasteiger partial charge in [-0.15, -0.1) is 21.5 Å². The van der Waals surface area contributed by atoms with Crippen LogP contribution in [0.4, 0.5) is 5.13 Å². The van der Waals surface area contributed by atoms with Crippen LogP contribution in [-0.2, 0) is 11.2 Å². The topological polar surface area (TPSA) is 72.7 Å². The van der Waals surface area contributed by atoms with Gasteiger partial charge in [0.05, 0.1) is 12.1 Å². The van der Waals surface area contributed by atoms with Gasteiger partial charge < -0.3 is 9.88 Å². The van der Waals surface area contributed by atoms with Crippen LogP contribution in [0.5, 0.6) is 0 Å². The first-order chi connectivity index (χ1) is 10.0. The maximum Gasteiger partial charge on any atom is 0.233 e. The van der Waals surface area contributed by atoms with Crippen LogP contribution in [-0.4, -0.2) is 25.7 Å². The number of aromatic nitrogens is 4. The minimum atomic E-state index is -0.0963. The number of carbonyl (C=O) groups excluding carboxylic acids is 1. The number of nitrogens with one attached hydrogen (secondary N) is 1. The highest BCUT2D eigenvalue weighted by Gasteiger charge is 2.28. The van der Waals surface area contributed by atoms with Crippen molar-refractivity contribution in [2.24, 2.45) is 0 Å². The Morgan fingerprint density at radius 2 is 2.29 bits per heavy atom. The normalized spacial score (nSPS) is 14.7. The molecule has 1 saturated carbocycles. The fourth-order valence-corrected chi connectivity index (χ4v) is 3.24. The molecule has 0 unspecified atom stereocenters. The number of thiazole rings is 1. The second-order valence-corrected chi connectivity index (χ2v) is 6.91. The summed E-state index contributed by atoms with van der Waals surface area (Å²) in [5, 5.41) is 11.5. The molecule has 0 saturated heterocycles. The van der Waals surface area contributed by atoms with Gasteiger partial charge in [-0.3, -0.25) is 4.79 Å². The molecule has 2 heterocycles. The Kier molecular flexibility index (Phi) is 3.75. The van der Waals surface area contributed by atoms with Gasteiger partial charge in [-0.05, 0) is 33.6 Å². The molecule has 1 N–H and O–H groups in total. The molecule has 1 amide bonds. The third-order valence-electron chi connectivity index (χ3n) is 3.57. The van der Waals surface area contributed by atoms with Crippen LogP contribution in [0.25, 0.3) is 0 Å². The van der Waals surface area contributed by atoms with Gasteiger partial charge in [0.15, 0.2) is 5.13 Å². The summed E-state index contributed by atoms with van der Waals surface area (Å²) in [4.78, 5) is 17.9. The van der Waals surface area contributed by atoms with Crippen LogP contribution >= 0.6 is 11.3 Å². The van der Waals surface area contributed by atoms with Gasteiger partial charge >= 0.3 is 0 Å². The largest absolute Gasteiger partial charge is 0.315 e. The monoisotopic (exact) mass is 305 g/mol. The number of hydrogen-bond acceptors (Lipinski definition) is 5. The van der Waals surface area contributed by atoms with E-state index in [1.54, 1.807) is 17.7 Å². The Hall–Kier alpha value is -1.76. The smallest absolute Gasteiger partial charge is 0.233 e. The SMILES string of the molecule is Cc1sc(NC(=O)Cc2nncn2C(C)C)nc1C1CC1. The number of nitrogens with zero attached hydrogens (tertiary/aromatic N) is 4. The molecule has 2 aromatic heterocycles. The minimum absolute atomic E-state index is 0.0963. The standard InChI is InChI=1S/C14H19N5OS/c1-8(2)19-7-15-18-11(19)6-12(20)16-14-17-13(9(3)21-14)10-4-5-10/h7-8,10H,4-6H2,1-3H3,(H,16,17,20). The highest BCUT2D eigenvalue weighted by Crippen LogP contribution is 2.43. The van der Waals surface area contributed by atoms with E-state index in [2.05, 4.69) is 27.4 Å². The lowest BCUT2D eigenvalue weighted by atomic mass is 10.3. The molecule has 21 heavy (non-hydrogen) atoms. The van der Waals surface area contributed by atoms with Gasteiger partial charge in [-0.1, -0.05) is 0 Å². The minimum Gasteiger partial charge on any atom is -0.315 e. The van der Waals surface area contributed by atoms with Crippen molar-refractivity contribution in [1.82, 2.24) is 19.7 Å². The summed E-state index contributed by atoms with van der Waals surface area (Å²) in [6, 6.07) is 0.242. The van der Waals surface area contributed by atoms with Gasteiger partial charge in [0.2, 0.25) is 5.91 Å². The Morgan fingerprint density at radius 3 is 2.95 bits per heavy atom. The molecule has 1 aliphatic rings. The number of aryl methyl sites for hydroxylation is 1. The highest BCUT2D eigenvalue weighted by atomic mass is 32.1. The molecule has 0 aliphatic heterocycles. The van der Waals surface area contributed by atoms with Gasteiger partial charge in [0.1, 0.15) is 12.2 Å². The van der Waals surface area contributed by atoms with Gasteiger partial charge in [0.25, 0.3) is 0 Å². The molecule has 0 bridgehead atoms. The van der Waals surface area contributed by atoms with E-state index >= 15 is 0 Å². The molecule has 2 aromatic rings. The van der Waals surface area contributed by atoms with Crippen LogP contribution in [0, 0.1) is 6.92 Å². The average molecular weight is 305 g/mol. The second-order valence-electron chi connectivity index (χ2n) is 5.71. The number of hydrogen-bond donors (Lipinski definition) is 1. The zero-order valence-electron chi connectivity index (χ0n) is 12.5. The number of rotatable bonds is 5. The van der Waals surface area contributed by atoms with Crippen molar-refractivity contribution in [3.8, 4) is 0 Å². The second kappa shape index (κ2) is 5.55. The van der Waals surface area contributed by atoms with E-state index in [9.17, 15) is 4.79 Å². The van der Waals surface area contributed by atoms with Gasteiger partial charge in [-0.2, -0.15) is 0 Å². The third kappa shape index (κ3) is 3.12. The van der Waals surface area contributed by atoms with Crippen LogP contribution < -0.4 is 5.32 Å². The molecular formula is C14H19N5OS. The zero-order chi connectivity index (χ0) is 15.0. The number of carbonyl (C=O) groups is 1. The molecule has 1 aliphatic carbocycles. The molecule has 112 valence electrons. The van der Waals surface area contributed by atoms with Crippen molar-refractivity contribution in [2.75, 3.05) is 5.32 Å². The van der Waals surface area contributed by atoms with Crippen molar-refractivity contribution in [1.29, 1.82) is 0 Å². The quantitative estimate of drug-likeness (QED) is 0.921. The molecule has 3 rings (SSSR count). The Balaban J connectivity index is 1.66. The highest BCUT2D eigenvalue weighted by molar-refractivity contribution is 7.15. The summed E-state index contributed by atoms with van der Waals surface area (Å²) in [6.07, 6.45) is 4.31. The lowest BCUT2D eigenvalue weighted by Crippen LogP contribution is -2.18. The van der Waals surface area contributed by atoms with Gasteiger partial charge in [0, 0.05) is 16.8 Å². The number of anilines is 1. The predicted octanol–water partition coefficient (Wildman–Crippen LogP) is 2.68. The maximum absolute atomic E-state index is 12.1. The first-order valence-electron chi connectivity index (χ1n) is 7.20. The molecule has 1 fully saturated rings. The summed E-state index contributed by atoms with van der Waals surface area (Å²) in [5.41, 5.74) is 1.15. The third-order valence-corrected chi connectivity index (χ3v) is 4.47. The molecule has 0 radical (unpaired) electrons. The molecule has 0 spiro atoms. The van der Waals surface area contributed by atoms with Crippen LogP contribution in [0.3, 0.4) is 0 Å². The van der Waals surface area contributed by atoms with Crippen LogP contribution in [0.1, 0.15) is 55.0 Å². The van der Waals surface area contributed by atoms with Crippen molar-refractivity contribution in [2.45, 2.75) is 52.0 Å². The maximum atomic E-state index is 12.1. The molecule has 7 heteroatoms. The van der Waals surface area contributed by atoms with Crippen molar-refractivity contribution >= 4 is 22.4 Å². The first-order valence-corrected chi connectivity index (χ1v) is 8.01. The van der Waals surface area contributed by atoms with E-state index in [0.717, 1.165) is 5.69 Å². The van der Waals surface area contributed by atoms with E-state index in [4.69, 9.17) is 0 Å². The predicted molar refractivity (Wildman–Crippen MR) is 81.6 cm³/mol. The summed E-state index contributed by atoms with van der Waals surface area (Å²) in [5.74, 6) is 1.19. The average Bonchev–Trinajstić information content (AvgIpc) is 3.04. The first kappa shape index (κ1) is 14.2. The molecular weight excluding hydrogens is 286 g/mol. The summed E-state index contributed by atoms with van der Waals surface area (Å²) in [7, 11) is 0. The zero-order valence-corrected chi connectivity index (χ0v) is 13.3. The van der Waals surface area contributed by atoms with Crippen molar-refractivity contribution in [3.05, 3.63) is 22.7 Å². The van der Waals surface area contributed by atoms with Crippen LogP contribution in [0.2, 0.25) is 0 Å². The summed E-state index contributed by atoms with van der Waals surface area (Å²) < 4.78 is 1.91. The molecule has 6 nitrogen and oxygen atoms in total. The number of amides is 1. The lowest BCUT2D eigenvalue weighted by Gasteiger charge is -2.09. The Bertz CT molecular complexity index is 656. The molecule has 0 atom stereocenters. The van der Waals surface area contributed by atoms with Crippen LogP contribution in [0.15, 0.2) is 6.33 Å². The van der Waals surface area contributed by atoms with Crippen molar-refractivity contribution in [3.63, 3.8) is 0 Å². The van der Waals surface area contributed by atoms with Gasteiger partial charge in [-0.25, -0.2) is 4.98 Å². The van der Waals surface area contributed by atoms with Crippen molar-refractivity contribution < 1.29 is 4.79 Å². The van der Waals surface area contributed by atoms with E-state index in [0.29, 0.717) is 16.9 Å².